The summed E-state index contributed by atoms with van der Waals surface area (Å²) in [6, 6.07) is 10.5. The minimum atomic E-state index is -0.334. The van der Waals surface area contributed by atoms with Crippen molar-refractivity contribution < 1.29 is 14.3 Å². The summed E-state index contributed by atoms with van der Waals surface area (Å²) < 4.78 is 10.9. The first-order valence-corrected chi connectivity index (χ1v) is 10.5. The molecule has 29 heavy (non-hydrogen) atoms. The number of methoxy groups -OCH3 is 1. The maximum atomic E-state index is 11.9. The molecule has 1 atom stereocenters. The number of carbonyl (C=O) groups excluding carboxylic acids is 1. The quantitative estimate of drug-likeness (QED) is 0.603. The molecule has 1 aliphatic heterocycles. The Hall–Kier alpha value is -2.29. The van der Waals surface area contributed by atoms with Gasteiger partial charge in [-0.2, -0.15) is 0 Å². The standard InChI is InChI=1S/C26H32O3/c1-16-12-20-21(25(4,5)11-10-24(20,2)3)14-19(16)26(6)15-29-22-13-17(23(27)28-7)8-9-18(22)26/h8-9,12-14H,10-11,15H2,1-7H3. The third-order valence-electron chi connectivity index (χ3n) is 7.31. The summed E-state index contributed by atoms with van der Waals surface area (Å²) in [6.07, 6.45) is 2.41. The third kappa shape index (κ3) is 2.97. The van der Waals surface area contributed by atoms with Gasteiger partial charge in [0.05, 0.1) is 18.1 Å². The Balaban J connectivity index is 1.86. The molecule has 0 aromatic heterocycles. The number of carbonyl (C=O) groups is 1. The van der Waals surface area contributed by atoms with Gasteiger partial charge in [0.1, 0.15) is 12.4 Å². The predicted octanol–water partition coefficient (Wildman–Crippen LogP) is 5.83. The first kappa shape index (κ1) is 20.0. The van der Waals surface area contributed by atoms with E-state index in [0.29, 0.717) is 12.2 Å². The highest BCUT2D eigenvalue weighted by molar-refractivity contribution is 5.90. The number of fused-ring (bicyclic) bond motifs is 2. The molecule has 0 saturated carbocycles. The van der Waals surface area contributed by atoms with E-state index in [1.54, 1.807) is 0 Å². The van der Waals surface area contributed by atoms with Crippen molar-refractivity contribution in [2.45, 2.75) is 70.6 Å². The Morgan fingerprint density at radius 3 is 2.14 bits per heavy atom. The molecule has 0 saturated heterocycles. The van der Waals surface area contributed by atoms with Crippen LogP contribution in [0.15, 0.2) is 30.3 Å². The lowest BCUT2D eigenvalue weighted by Crippen LogP contribution is -2.35. The summed E-state index contributed by atoms with van der Waals surface area (Å²) in [6.45, 7) is 14.5. The second-order valence-electron chi connectivity index (χ2n) is 10.3. The van der Waals surface area contributed by atoms with Crippen molar-refractivity contribution >= 4 is 5.97 Å². The highest BCUT2D eigenvalue weighted by atomic mass is 16.5. The van der Waals surface area contributed by atoms with Gasteiger partial charge in [0.2, 0.25) is 0 Å². The fraction of sp³-hybridized carbons (Fsp3) is 0.500. The van der Waals surface area contributed by atoms with Gasteiger partial charge in [0.25, 0.3) is 0 Å². The molecule has 0 radical (unpaired) electrons. The van der Waals surface area contributed by atoms with E-state index < -0.39 is 0 Å². The zero-order valence-corrected chi connectivity index (χ0v) is 18.7. The summed E-state index contributed by atoms with van der Waals surface area (Å²) in [7, 11) is 1.40. The molecule has 0 amide bonds. The Labute approximate surface area is 174 Å². The van der Waals surface area contributed by atoms with E-state index in [-0.39, 0.29) is 22.2 Å². The number of aryl methyl sites for hydroxylation is 1. The molecule has 2 aromatic carbocycles. The second kappa shape index (κ2) is 6.35. The average Bonchev–Trinajstić information content (AvgIpc) is 3.02. The van der Waals surface area contributed by atoms with E-state index in [2.05, 4.69) is 53.7 Å². The van der Waals surface area contributed by atoms with E-state index in [4.69, 9.17) is 9.47 Å². The van der Waals surface area contributed by atoms with Crippen LogP contribution in [-0.2, 0) is 21.0 Å². The maximum Gasteiger partial charge on any atom is 0.337 e. The molecular weight excluding hydrogens is 360 g/mol. The molecule has 154 valence electrons. The van der Waals surface area contributed by atoms with Crippen molar-refractivity contribution in [2.24, 2.45) is 0 Å². The molecule has 1 heterocycles. The topological polar surface area (TPSA) is 35.5 Å². The van der Waals surface area contributed by atoms with Crippen LogP contribution >= 0.6 is 0 Å². The summed E-state index contributed by atoms with van der Waals surface area (Å²) >= 11 is 0. The summed E-state index contributed by atoms with van der Waals surface area (Å²) in [5.41, 5.74) is 7.39. The number of esters is 1. The van der Waals surface area contributed by atoms with Gasteiger partial charge in [-0.25, -0.2) is 4.79 Å². The lowest BCUT2D eigenvalue weighted by Gasteiger charge is -2.43. The zero-order valence-electron chi connectivity index (χ0n) is 18.7. The van der Waals surface area contributed by atoms with Crippen molar-refractivity contribution in [3.63, 3.8) is 0 Å². The van der Waals surface area contributed by atoms with Crippen LogP contribution in [0.2, 0.25) is 0 Å². The van der Waals surface area contributed by atoms with Gasteiger partial charge in [-0.3, -0.25) is 0 Å². The van der Waals surface area contributed by atoms with Crippen molar-refractivity contribution in [1.29, 1.82) is 0 Å². The van der Waals surface area contributed by atoms with Crippen LogP contribution in [0.1, 0.15) is 85.6 Å². The largest absolute Gasteiger partial charge is 0.492 e. The van der Waals surface area contributed by atoms with Crippen LogP contribution in [0.5, 0.6) is 5.75 Å². The fourth-order valence-corrected chi connectivity index (χ4v) is 5.18. The van der Waals surface area contributed by atoms with Crippen LogP contribution in [0, 0.1) is 6.92 Å². The summed E-state index contributed by atoms with van der Waals surface area (Å²) in [5, 5.41) is 0. The number of hydrogen-bond donors (Lipinski definition) is 0. The highest BCUT2D eigenvalue weighted by Crippen LogP contribution is 2.50. The van der Waals surface area contributed by atoms with Gasteiger partial charge < -0.3 is 9.47 Å². The molecule has 1 aliphatic carbocycles. The average molecular weight is 393 g/mol. The van der Waals surface area contributed by atoms with Gasteiger partial charge >= 0.3 is 5.97 Å². The van der Waals surface area contributed by atoms with Crippen LogP contribution in [0.4, 0.5) is 0 Å². The van der Waals surface area contributed by atoms with Crippen LogP contribution in [0.3, 0.4) is 0 Å². The lowest BCUT2D eigenvalue weighted by molar-refractivity contribution is 0.0600. The van der Waals surface area contributed by atoms with Crippen LogP contribution < -0.4 is 4.74 Å². The predicted molar refractivity (Wildman–Crippen MR) is 116 cm³/mol. The minimum absolute atomic E-state index is 0.167. The third-order valence-corrected chi connectivity index (χ3v) is 7.31. The van der Waals surface area contributed by atoms with Gasteiger partial charge in [-0.05, 0) is 71.9 Å². The molecule has 3 heteroatoms. The van der Waals surface area contributed by atoms with Crippen molar-refractivity contribution in [3.8, 4) is 5.75 Å². The first-order valence-electron chi connectivity index (χ1n) is 10.5. The molecule has 0 spiro atoms. The van der Waals surface area contributed by atoms with E-state index >= 15 is 0 Å². The van der Waals surface area contributed by atoms with E-state index in [1.807, 2.05) is 18.2 Å². The van der Waals surface area contributed by atoms with Gasteiger partial charge in [0, 0.05) is 5.56 Å². The maximum absolute atomic E-state index is 11.9. The van der Waals surface area contributed by atoms with Gasteiger partial charge in [-0.15, -0.1) is 0 Å². The normalized spacial score (nSPS) is 23.7. The molecule has 0 fully saturated rings. The fourth-order valence-electron chi connectivity index (χ4n) is 5.18. The monoisotopic (exact) mass is 392 g/mol. The van der Waals surface area contributed by atoms with Crippen molar-refractivity contribution in [1.82, 2.24) is 0 Å². The lowest BCUT2D eigenvalue weighted by atomic mass is 9.61. The number of hydrogen-bond acceptors (Lipinski definition) is 3. The zero-order chi connectivity index (χ0) is 21.2. The number of rotatable bonds is 2. The molecule has 0 N–H and O–H groups in total. The second-order valence-corrected chi connectivity index (χ2v) is 10.3. The van der Waals surface area contributed by atoms with E-state index in [1.165, 1.54) is 42.2 Å². The molecule has 1 unspecified atom stereocenters. The minimum Gasteiger partial charge on any atom is -0.492 e. The Morgan fingerprint density at radius 2 is 1.52 bits per heavy atom. The molecule has 0 bridgehead atoms. The van der Waals surface area contributed by atoms with Crippen LogP contribution in [-0.4, -0.2) is 19.7 Å². The highest BCUT2D eigenvalue weighted by Gasteiger charge is 2.43. The molecule has 3 nitrogen and oxygen atoms in total. The molecule has 4 rings (SSSR count). The SMILES string of the molecule is COC(=O)c1ccc2c(c1)OCC2(C)c1cc2c(cc1C)C(C)(C)CCC2(C)C. The Bertz CT molecular complexity index is 999. The Kier molecular flexibility index (Phi) is 4.38. The first-order chi connectivity index (χ1) is 13.5. The van der Waals surface area contributed by atoms with E-state index in [0.717, 1.165) is 11.3 Å². The van der Waals surface area contributed by atoms with Crippen LogP contribution in [0.25, 0.3) is 0 Å². The van der Waals surface area contributed by atoms with Crippen molar-refractivity contribution in [2.75, 3.05) is 13.7 Å². The molecular formula is C26H32O3. The van der Waals surface area contributed by atoms with Gasteiger partial charge in [-0.1, -0.05) is 45.9 Å². The summed E-state index contributed by atoms with van der Waals surface area (Å²) in [5.74, 6) is 0.450. The number of benzene rings is 2. The Morgan fingerprint density at radius 1 is 0.897 bits per heavy atom. The van der Waals surface area contributed by atoms with E-state index in [9.17, 15) is 4.79 Å². The smallest absolute Gasteiger partial charge is 0.337 e. The molecule has 2 aromatic rings. The number of ether oxygens (including phenoxy) is 2. The summed E-state index contributed by atoms with van der Waals surface area (Å²) in [4.78, 5) is 11.9. The van der Waals surface area contributed by atoms with Gasteiger partial charge in [0.15, 0.2) is 0 Å². The molecule has 2 aliphatic rings. The van der Waals surface area contributed by atoms with Crippen molar-refractivity contribution in [3.05, 3.63) is 63.7 Å².